The molecular formula is C7H12INS. The van der Waals surface area contributed by atoms with Crippen LogP contribution >= 0.6 is 11.3 Å². The van der Waals surface area contributed by atoms with E-state index in [2.05, 4.69) is 38.0 Å². The lowest BCUT2D eigenvalue weighted by Crippen LogP contribution is -3.00. The number of hydrogen-bond donors (Lipinski definition) is 0. The van der Waals surface area contributed by atoms with Gasteiger partial charge in [0.25, 0.3) is 0 Å². The summed E-state index contributed by atoms with van der Waals surface area (Å²) >= 11 is 1.75. The largest absolute Gasteiger partial charge is 1.00 e. The first-order valence-corrected chi connectivity index (χ1v) is 3.89. The van der Waals surface area contributed by atoms with Crippen molar-refractivity contribution in [2.45, 2.75) is 0 Å². The molecule has 1 heterocycles. The van der Waals surface area contributed by atoms with Gasteiger partial charge in [0, 0.05) is 6.07 Å². The number of hydrogen-bond acceptors (Lipinski definition) is 1. The third-order valence-electron chi connectivity index (χ3n) is 1.28. The highest BCUT2D eigenvalue weighted by molar-refractivity contribution is 7.08. The van der Waals surface area contributed by atoms with Gasteiger partial charge in [0.05, 0.1) is 26.5 Å². The Hall–Kier alpha value is 0.390. The summed E-state index contributed by atoms with van der Waals surface area (Å²) < 4.78 is 0.920. The van der Waals surface area contributed by atoms with E-state index in [1.54, 1.807) is 11.3 Å². The molecule has 0 radical (unpaired) electrons. The van der Waals surface area contributed by atoms with Crippen LogP contribution in [0.1, 0.15) is 0 Å². The zero-order valence-electron chi connectivity index (χ0n) is 6.47. The highest BCUT2D eigenvalue weighted by Crippen LogP contribution is 2.19. The van der Waals surface area contributed by atoms with Crippen LogP contribution in [0, 0.1) is 0 Å². The second kappa shape index (κ2) is 3.69. The number of rotatable bonds is 1. The van der Waals surface area contributed by atoms with Gasteiger partial charge in [0.2, 0.25) is 0 Å². The molecule has 1 rings (SSSR count). The predicted octanol–water partition coefficient (Wildman–Crippen LogP) is -1.05. The number of thiophene rings is 1. The van der Waals surface area contributed by atoms with Gasteiger partial charge in [-0.2, -0.15) is 0 Å². The average molecular weight is 269 g/mol. The van der Waals surface area contributed by atoms with E-state index in [1.165, 1.54) is 5.69 Å². The van der Waals surface area contributed by atoms with Gasteiger partial charge >= 0.3 is 0 Å². The van der Waals surface area contributed by atoms with Gasteiger partial charge in [0.15, 0.2) is 0 Å². The van der Waals surface area contributed by atoms with Gasteiger partial charge in [0.1, 0.15) is 5.69 Å². The molecule has 1 nitrogen and oxygen atoms in total. The fourth-order valence-electron chi connectivity index (χ4n) is 0.639. The van der Waals surface area contributed by atoms with Crippen LogP contribution in [0.2, 0.25) is 0 Å². The lowest BCUT2D eigenvalue weighted by Gasteiger charge is -2.21. The van der Waals surface area contributed by atoms with Crippen LogP contribution in [-0.2, 0) is 0 Å². The van der Waals surface area contributed by atoms with Crippen molar-refractivity contribution in [3.8, 4) is 0 Å². The van der Waals surface area contributed by atoms with Crippen LogP contribution in [0.4, 0.5) is 5.69 Å². The molecule has 3 heteroatoms. The second-order valence-electron chi connectivity index (χ2n) is 2.99. The number of halogens is 1. The minimum absolute atomic E-state index is 0. The lowest BCUT2D eigenvalue weighted by atomic mass is 10.4. The third-order valence-corrected chi connectivity index (χ3v) is 1.95. The zero-order chi connectivity index (χ0) is 6.91. The maximum atomic E-state index is 2.18. The molecule has 10 heavy (non-hydrogen) atoms. The van der Waals surface area contributed by atoms with E-state index in [4.69, 9.17) is 0 Å². The van der Waals surface area contributed by atoms with E-state index in [-0.39, 0.29) is 24.0 Å². The molecular weight excluding hydrogens is 257 g/mol. The van der Waals surface area contributed by atoms with E-state index < -0.39 is 0 Å². The summed E-state index contributed by atoms with van der Waals surface area (Å²) in [7, 11) is 6.51. The van der Waals surface area contributed by atoms with E-state index in [1.807, 2.05) is 0 Å². The summed E-state index contributed by atoms with van der Waals surface area (Å²) in [6, 6.07) is 2.16. The third kappa shape index (κ3) is 2.56. The quantitative estimate of drug-likeness (QED) is 0.451. The first kappa shape index (κ1) is 10.4. The van der Waals surface area contributed by atoms with Crippen molar-refractivity contribution in [3.63, 3.8) is 0 Å². The summed E-state index contributed by atoms with van der Waals surface area (Å²) in [5, 5.41) is 4.29. The normalized spacial score (nSPS) is 10.7. The molecule has 0 spiro atoms. The van der Waals surface area contributed by atoms with E-state index >= 15 is 0 Å². The van der Waals surface area contributed by atoms with Crippen LogP contribution in [0.5, 0.6) is 0 Å². The van der Waals surface area contributed by atoms with Crippen molar-refractivity contribution in [1.29, 1.82) is 0 Å². The zero-order valence-corrected chi connectivity index (χ0v) is 9.44. The molecule has 0 fully saturated rings. The highest BCUT2D eigenvalue weighted by Gasteiger charge is 2.10. The fourth-order valence-corrected chi connectivity index (χ4v) is 1.47. The Balaban J connectivity index is 0.000000810. The summed E-state index contributed by atoms with van der Waals surface area (Å²) in [4.78, 5) is 0. The molecule has 0 bridgehead atoms. The average Bonchev–Trinajstić information content (AvgIpc) is 2.08. The molecule has 58 valence electrons. The molecule has 0 saturated carbocycles. The van der Waals surface area contributed by atoms with Gasteiger partial charge in [-0.05, 0) is 5.38 Å². The molecule has 0 aliphatic carbocycles. The van der Waals surface area contributed by atoms with Crippen molar-refractivity contribution in [3.05, 3.63) is 16.8 Å². The van der Waals surface area contributed by atoms with E-state index in [0.29, 0.717) is 0 Å². The molecule has 0 atom stereocenters. The Morgan fingerprint density at radius 3 is 2.10 bits per heavy atom. The standard InChI is InChI=1S/C7H12NS.HI/c1-8(2,3)7-4-5-9-6-7;/h4-6H,1-3H3;1H/q+1;/p-1. The van der Waals surface area contributed by atoms with Crippen LogP contribution in [-0.4, -0.2) is 21.1 Å². The van der Waals surface area contributed by atoms with Gasteiger partial charge in [-0.1, -0.05) is 0 Å². The number of nitrogens with zero attached hydrogens (tertiary/aromatic N) is 1. The topological polar surface area (TPSA) is 0 Å². The predicted molar refractivity (Wildman–Crippen MR) is 43.9 cm³/mol. The monoisotopic (exact) mass is 269 g/mol. The summed E-state index contributed by atoms with van der Waals surface area (Å²) in [6.07, 6.45) is 0. The van der Waals surface area contributed by atoms with Crippen LogP contribution in [0.25, 0.3) is 0 Å². The first-order valence-electron chi connectivity index (χ1n) is 2.95. The maximum Gasteiger partial charge on any atom is 0.143 e. The van der Waals surface area contributed by atoms with Crippen molar-refractivity contribution in [2.24, 2.45) is 0 Å². The van der Waals surface area contributed by atoms with Gasteiger partial charge < -0.3 is 24.0 Å². The fraction of sp³-hybridized carbons (Fsp3) is 0.429. The minimum Gasteiger partial charge on any atom is -1.00 e. The molecule has 0 aromatic carbocycles. The second-order valence-corrected chi connectivity index (χ2v) is 3.77. The molecule has 0 unspecified atom stereocenters. The van der Waals surface area contributed by atoms with Crippen molar-refractivity contribution in [1.82, 2.24) is 4.48 Å². The molecule has 0 amide bonds. The van der Waals surface area contributed by atoms with Crippen LogP contribution in [0.15, 0.2) is 16.8 Å². The van der Waals surface area contributed by atoms with E-state index in [0.717, 1.165) is 4.48 Å². The van der Waals surface area contributed by atoms with Crippen molar-refractivity contribution >= 4 is 17.0 Å². The Bertz CT molecular complexity index is 176. The number of quaternary nitrogens is 1. The van der Waals surface area contributed by atoms with E-state index in [9.17, 15) is 0 Å². The van der Waals surface area contributed by atoms with Gasteiger partial charge in [-0.3, -0.25) is 4.48 Å². The van der Waals surface area contributed by atoms with Crippen LogP contribution < -0.4 is 28.5 Å². The molecule has 0 aliphatic rings. The summed E-state index contributed by atoms with van der Waals surface area (Å²) in [5.74, 6) is 0. The van der Waals surface area contributed by atoms with Crippen molar-refractivity contribution < 1.29 is 24.0 Å². The van der Waals surface area contributed by atoms with Crippen LogP contribution in [0.3, 0.4) is 0 Å². The summed E-state index contributed by atoms with van der Waals surface area (Å²) in [6.45, 7) is 0. The Morgan fingerprint density at radius 2 is 1.90 bits per heavy atom. The SMILES string of the molecule is C[N+](C)(C)c1ccsc1.[I-]. The Morgan fingerprint density at radius 1 is 1.30 bits per heavy atom. The minimum atomic E-state index is 0. The molecule has 1 aromatic heterocycles. The Labute approximate surface area is 83.3 Å². The highest BCUT2D eigenvalue weighted by atomic mass is 127. The summed E-state index contributed by atoms with van der Waals surface area (Å²) in [5.41, 5.74) is 1.38. The van der Waals surface area contributed by atoms with Crippen molar-refractivity contribution in [2.75, 3.05) is 21.1 Å². The Kier molecular flexibility index (Phi) is 3.83. The maximum absolute atomic E-state index is 2.18. The first-order chi connectivity index (χ1) is 4.11. The van der Waals surface area contributed by atoms with Gasteiger partial charge in [-0.15, -0.1) is 11.3 Å². The smallest absolute Gasteiger partial charge is 0.143 e. The lowest BCUT2D eigenvalue weighted by molar-refractivity contribution is -0.00000208. The molecule has 1 aromatic rings. The molecule has 0 saturated heterocycles. The molecule has 0 N–H and O–H groups in total. The molecule has 0 aliphatic heterocycles. The van der Waals surface area contributed by atoms with Gasteiger partial charge in [-0.25, -0.2) is 0 Å².